The largest absolute Gasteiger partial charge is 0.508 e. The number of phenols is 1. The number of carbonyl (C=O) groups is 1. The van der Waals surface area contributed by atoms with Crippen LogP contribution in [0.1, 0.15) is 44.6 Å². The molecule has 2 aliphatic rings. The first-order valence-electron chi connectivity index (χ1n) is 9.38. The molecule has 140 valence electrons. The lowest BCUT2D eigenvalue weighted by atomic mass is 9.84. The average Bonchev–Trinajstić information content (AvgIpc) is 3.39. The second kappa shape index (κ2) is 9.44. The van der Waals surface area contributed by atoms with Gasteiger partial charge >= 0.3 is 0 Å². The van der Waals surface area contributed by atoms with Crippen LogP contribution in [0, 0.1) is 17.8 Å². The monoisotopic (exact) mass is 366 g/mol. The molecule has 2 N–H and O–H groups in total. The van der Waals surface area contributed by atoms with Crippen molar-refractivity contribution in [1.29, 1.82) is 0 Å². The Morgan fingerprint density at radius 3 is 2.64 bits per heavy atom. The highest BCUT2D eigenvalue weighted by Gasteiger charge is 2.29. The topological polar surface area (TPSA) is 52.6 Å². The van der Waals surface area contributed by atoms with E-state index in [1.807, 2.05) is 17.0 Å². The molecule has 0 bridgehead atoms. The number of carbonyl (C=O) groups excluding carboxylic acids is 1. The molecular formula is C20H31ClN2O2. The minimum atomic E-state index is 0. The molecule has 1 atom stereocenters. The van der Waals surface area contributed by atoms with Crippen molar-refractivity contribution >= 4 is 18.3 Å². The van der Waals surface area contributed by atoms with E-state index in [1.54, 1.807) is 12.1 Å². The Balaban J connectivity index is 0.00000225. The molecule has 3 rings (SSSR count). The Labute approximate surface area is 157 Å². The normalized spacial score (nSPS) is 19.1. The first-order valence-corrected chi connectivity index (χ1v) is 9.38. The maximum absolute atomic E-state index is 12.9. The molecule has 0 radical (unpaired) electrons. The van der Waals surface area contributed by atoms with Gasteiger partial charge in [-0.05, 0) is 74.2 Å². The van der Waals surface area contributed by atoms with Gasteiger partial charge in [-0.1, -0.05) is 19.1 Å². The Morgan fingerprint density at radius 2 is 2.00 bits per heavy atom. The zero-order chi connectivity index (χ0) is 16.9. The number of halogens is 1. The molecule has 1 aromatic carbocycles. The summed E-state index contributed by atoms with van der Waals surface area (Å²) in [4.78, 5) is 14.9. The smallest absolute Gasteiger partial charge is 0.223 e. The molecule has 4 nitrogen and oxygen atoms in total. The second-order valence-corrected chi connectivity index (χ2v) is 7.66. The van der Waals surface area contributed by atoms with Crippen LogP contribution in [0.25, 0.3) is 0 Å². The summed E-state index contributed by atoms with van der Waals surface area (Å²) in [6, 6.07) is 7.28. The molecule has 25 heavy (non-hydrogen) atoms. The lowest BCUT2D eigenvalue weighted by molar-refractivity contribution is -0.133. The predicted molar refractivity (Wildman–Crippen MR) is 103 cm³/mol. The van der Waals surface area contributed by atoms with Crippen molar-refractivity contribution in [3.8, 4) is 5.75 Å². The third-order valence-electron chi connectivity index (χ3n) is 5.50. The van der Waals surface area contributed by atoms with E-state index >= 15 is 0 Å². The highest BCUT2D eigenvalue weighted by molar-refractivity contribution is 5.85. The number of amides is 1. The summed E-state index contributed by atoms with van der Waals surface area (Å²) in [7, 11) is 0. The van der Waals surface area contributed by atoms with Crippen molar-refractivity contribution < 1.29 is 9.90 Å². The van der Waals surface area contributed by atoms with Crippen LogP contribution in [0.5, 0.6) is 5.75 Å². The van der Waals surface area contributed by atoms with E-state index < -0.39 is 0 Å². The Bertz CT molecular complexity index is 556. The molecule has 1 aliphatic heterocycles. The van der Waals surface area contributed by atoms with Gasteiger partial charge < -0.3 is 15.3 Å². The van der Waals surface area contributed by atoms with Gasteiger partial charge in [0.15, 0.2) is 0 Å². The highest BCUT2D eigenvalue weighted by Crippen LogP contribution is 2.31. The lowest BCUT2D eigenvalue weighted by Gasteiger charge is -2.30. The van der Waals surface area contributed by atoms with Crippen molar-refractivity contribution in [2.75, 3.05) is 19.6 Å². The zero-order valence-electron chi connectivity index (χ0n) is 15.1. The van der Waals surface area contributed by atoms with Gasteiger partial charge in [0.25, 0.3) is 0 Å². The summed E-state index contributed by atoms with van der Waals surface area (Å²) < 4.78 is 0. The van der Waals surface area contributed by atoms with E-state index in [2.05, 4.69) is 12.2 Å². The fourth-order valence-corrected chi connectivity index (χ4v) is 3.73. The van der Waals surface area contributed by atoms with Crippen LogP contribution < -0.4 is 5.32 Å². The van der Waals surface area contributed by atoms with Crippen LogP contribution >= 0.6 is 12.4 Å². The van der Waals surface area contributed by atoms with E-state index in [0.29, 0.717) is 30.7 Å². The number of benzene rings is 1. The molecule has 0 aromatic heterocycles. The summed E-state index contributed by atoms with van der Waals surface area (Å²) >= 11 is 0. The average molecular weight is 367 g/mol. The van der Waals surface area contributed by atoms with Crippen molar-refractivity contribution in [3.05, 3.63) is 29.8 Å². The van der Waals surface area contributed by atoms with Crippen LogP contribution in [-0.2, 0) is 11.3 Å². The minimum absolute atomic E-state index is 0. The number of nitrogens with one attached hydrogen (secondary N) is 1. The highest BCUT2D eigenvalue weighted by atomic mass is 35.5. The molecular weight excluding hydrogens is 336 g/mol. The zero-order valence-corrected chi connectivity index (χ0v) is 15.9. The van der Waals surface area contributed by atoms with Gasteiger partial charge in [-0.2, -0.15) is 0 Å². The summed E-state index contributed by atoms with van der Waals surface area (Å²) in [5, 5.41) is 13.1. The summed E-state index contributed by atoms with van der Waals surface area (Å²) in [6.45, 7) is 5.88. The Hall–Kier alpha value is -1.26. The van der Waals surface area contributed by atoms with Crippen molar-refractivity contribution in [1.82, 2.24) is 10.2 Å². The van der Waals surface area contributed by atoms with E-state index in [0.717, 1.165) is 25.2 Å². The first kappa shape index (κ1) is 20.1. The number of rotatable bonds is 7. The molecule has 0 spiro atoms. The molecule has 1 heterocycles. The van der Waals surface area contributed by atoms with Crippen LogP contribution in [0.3, 0.4) is 0 Å². The van der Waals surface area contributed by atoms with Crippen molar-refractivity contribution in [3.63, 3.8) is 0 Å². The standard InChI is InChI=1S/C20H30N2O2.ClH/c1-15(18-7-9-21-10-8-18)11-20(24)22(13-16-5-6-16)14-17-3-2-4-19(23)12-17;/h2-4,12,15-16,18,21,23H,5-11,13-14H2,1H3;1H. The number of nitrogens with zero attached hydrogens (tertiary/aromatic N) is 1. The van der Waals surface area contributed by atoms with Crippen LogP contribution in [0.2, 0.25) is 0 Å². The fourth-order valence-electron chi connectivity index (χ4n) is 3.73. The Morgan fingerprint density at radius 1 is 1.28 bits per heavy atom. The van der Waals surface area contributed by atoms with E-state index in [-0.39, 0.29) is 24.1 Å². The molecule has 2 fully saturated rings. The number of phenolic OH excluding ortho intramolecular Hbond substituents is 1. The van der Waals surface area contributed by atoms with Gasteiger partial charge in [0, 0.05) is 19.5 Å². The quantitative estimate of drug-likeness (QED) is 0.775. The van der Waals surface area contributed by atoms with Gasteiger partial charge in [0.1, 0.15) is 5.75 Å². The van der Waals surface area contributed by atoms with Gasteiger partial charge in [0.2, 0.25) is 5.91 Å². The maximum Gasteiger partial charge on any atom is 0.223 e. The number of aromatic hydroxyl groups is 1. The molecule has 1 unspecified atom stereocenters. The molecule has 1 saturated carbocycles. The van der Waals surface area contributed by atoms with Crippen LogP contribution in [0.15, 0.2) is 24.3 Å². The summed E-state index contributed by atoms with van der Waals surface area (Å²) in [5.41, 5.74) is 1.01. The Kier molecular flexibility index (Phi) is 7.57. The molecule has 1 saturated heterocycles. The predicted octanol–water partition coefficient (Wildman–Crippen LogP) is 3.58. The first-order chi connectivity index (χ1) is 11.6. The molecule has 1 amide bonds. The van der Waals surface area contributed by atoms with Crippen molar-refractivity contribution in [2.45, 2.75) is 45.6 Å². The van der Waals surface area contributed by atoms with E-state index in [1.165, 1.54) is 25.7 Å². The molecule has 5 heteroatoms. The van der Waals surface area contributed by atoms with Crippen LogP contribution in [-0.4, -0.2) is 35.5 Å². The SMILES string of the molecule is CC(CC(=O)N(Cc1cccc(O)c1)CC1CC1)C1CCNCC1.Cl. The molecule has 1 aliphatic carbocycles. The summed E-state index contributed by atoms with van der Waals surface area (Å²) in [5.74, 6) is 2.34. The lowest BCUT2D eigenvalue weighted by Crippen LogP contribution is -2.36. The van der Waals surface area contributed by atoms with Crippen LogP contribution in [0.4, 0.5) is 0 Å². The summed E-state index contributed by atoms with van der Waals surface area (Å²) in [6.07, 6.45) is 5.50. The number of hydrogen-bond donors (Lipinski definition) is 2. The fraction of sp³-hybridized carbons (Fsp3) is 0.650. The van der Waals surface area contributed by atoms with Gasteiger partial charge in [-0.15, -0.1) is 12.4 Å². The maximum atomic E-state index is 12.9. The van der Waals surface area contributed by atoms with Crippen molar-refractivity contribution in [2.24, 2.45) is 17.8 Å². The van der Waals surface area contributed by atoms with Gasteiger partial charge in [-0.3, -0.25) is 4.79 Å². The third-order valence-corrected chi connectivity index (χ3v) is 5.50. The van der Waals surface area contributed by atoms with Gasteiger partial charge in [0.05, 0.1) is 0 Å². The second-order valence-electron chi connectivity index (χ2n) is 7.66. The third kappa shape index (κ3) is 6.19. The minimum Gasteiger partial charge on any atom is -0.508 e. The van der Waals surface area contributed by atoms with E-state index in [4.69, 9.17) is 0 Å². The van der Waals surface area contributed by atoms with Gasteiger partial charge in [-0.25, -0.2) is 0 Å². The number of piperidine rings is 1. The number of hydrogen-bond acceptors (Lipinski definition) is 3. The van der Waals surface area contributed by atoms with E-state index in [9.17, 15) is 9.90 Å². The molecule has 1 aromatic rings.